The first-order valence-corrected chi connectivity index (χ1v) is 7.41. The number of carbonyl (C=O) groups excluding carboxylic acids is 1. The van der Waals surface area contributed by atoms with E-state index in [4.69, 9.17) is 4.74 Å². The first-order valence-electron chi connectivity index (χ1n) is 7.41. The van der Waals surface area contributed by atoms with Gasteiger partial charge >= 0.3 is 0 Å². The third-order valence-corrected chi connectivity index (χ3v) is 3.34. The van der Waals surface area contributed by atoms with Gasteiger partial charge in [0.25, 0.3) is 0 Å². The molecule has 1 aromatic heterocycles. The van der Waals surface area contributed by atoms with Crippen LogP contribution in [0.2, 0.25) is 0 Å². The molecule has 1 aromatic carbocycles. The summed E-state index contributed by atoms with van der Waals surface area (Å²) in [5.74, 6) is 0.695. The van der Waals surface area contributed by atoms with Gasteiger partial charge in [0, 0.05) is 29.9 Å². The Kier molecular flexibility index (Phi) is 5.67. The Morgan fingerprint density at radius 3 is 2.64 bits per heavy atom. The molecule has 22 heavy (non-hydrogen) atoms. The lowest BCUT2D eigenvalue weighted by atomic mass is 10.0. The monoisotopic (exact) mass is 298 g/mol. The van der Waals surface area contributed by atoms with E-state index in [-0.39, 0.29) is 5.78 Å². The second kappa shape index (κ2) is 7.71. The lowest BCUT2D eigenvalue weighted by Crippen LogP contribution is -2.15. The van der Waals surface area contributed by atoms with Crippen LogP contribution >= 0.6 is 0 Å². The van der Waals surface area contributed by atoms with Crippen LogP contribution < -0.4 is 4.74 Å². The minimum atomic E-state index is 0.0654. The summed E-state index contributed by atoms with van der Waals surface area (Å²) in [6.45, 7) is 3.22. The number of aromatic nitrogens is 1. The van der Waals surface area contributed by atoms with Crippen LogP contribution in [0.15, 0.2) is 42.6 Å². The fourth-order valence-electron chi connectivity index (χ4n) is 2.11. The molecule has 0 aliphatic rings. The van der Waals surface area contributed by atoms with Gasteiger partial charge in [0.2, 0.25) is 5.88 Å². The SMILES string of the molecule is CC(=O)c1cccc(-c2ccc(OCCCN(C)C)nc2)c1. The summed E-state index contributed by atoms with van der Waals surface area (Å²) < 4.78 is 5.62. The van der Waals surface area contributed by atoms with Gasteiger partial charge in [-0.05, 0) is 45.1 Å². The Hall–Kier alpha value is -2.20. The highest BCUT2D eigenvalue weighted by atomic mass is 16.5. The molecule has 0 atom stereocenters. The summed E-state index contributed by atoms with van der Waals surface area (Å²) in [7, 11) is 4.09. The van der Waals surface area contributed by atoms with Crippen molar-refractivity contribution in [2.75, 3.05) is 27.2 Å². The van der Waals surface area contributed by atoms with E-state index >= 15 is 0 Å². The van der Waals surface area contributed by atoms with E-state index in [0.717, 1.165) is 24.1 Å². The van der Waals surface area contributed by atoms with Gasteiger partial charge in [-0.25, -0.2) is 4.98 Å². The molecule has 1 heterocycles. The lowest BCUT2D eigenvalue weighted by Gasteiger charge is -2.10. The van der Waals surface area contributed by atoms with Crippen molar-refractivity contribution in [2.45, 2.75) is 13.3 Å². The van der Waals surface area contributed by atoms with Crippen LogP contribution in [0.4, 0.5) is 0 Å². The fourth-order valence-corrected chi connectivity index (χ4v) is 2.11. The molecule has 116 valence electrons. The molecule has 0 radical (unpaired) electrons. The molecule has 2 rings (SSSR count). The number of pyridine rings is 1. The zero-order valence-electron chi connectivity index (χ0n) is 13.4. The van der Waals surface area contributed by atoms with Crippen molar-refractivity contribution in [3.63, 3.8) is 0 Å². The second-order valence-electron chi connectivity index (χ2n) is 5.53. The molecule has 0 saturated carbocycles. The predicted molar refractivity (Wildman–Crippen MR) is 88.3 cm³/mol. The zero-order valence-corrected chi connectivity index (χ0v) is 13.4. The summed E-state index contributed by atoms with van der Waals surface area (Å²) in [4.78, 5) is 17.9. The molecule has 4 heteroatoms. The van der Waals surface area contributed by atoms with E-state index in [1.54, 1.807) is 13.1 Å². The van der Waals surface area contributed by atoms with Gasteiger partial charge in [0.05, 0.1) is 6.61 Å². The molecule has 0 aliphatic carbocycles. The van der Waals surface area contributed by atoms with E-state index in [2.05, 4.69) is 9.88 Å². The number of Topliss-reactive ketones (excluding diaryl/α,β-unsaturated/α-hetero) is 1. The topological polar surface area (TPSA) is 42.4 Å². The van der Waals surface area contributed by atoms with E-state index in [0.29, 0.717) is 18.1 Å². The van der Waals surface area contributed by atoms with E-state index in [1.807, 2.05) is 50.5 Å². The van der Waals surface area contributed by atoms with Crippen LogP contribution in [0.3, 0.4) is 0 Å². The van der Waals surface area contributed by atoms with Gasteiger partial charge in [0.15, 0.2) is 5.78 Å². The van der Waals surface area contributed by atoms with Crippen molar-refractivity contribution in [1.82, 2.24) is 9.88 Å². The minimum Gasteiger partial charge on any atom is -0.478 e. The van der Waals surface area contributed by atoms with Gasteiger partial charge < -0.3 is 9.64 Å². The van der Waals surface area contributed by atoms with Crippen molar-refractivity contribution in [3.05, 3.63) is 48.2 Å². The van der Waals surface area contributed by atoms with Gasteiger partial charge in [0.1, 0.15) is 0 Å². The maximum atomic E-state index is 11.4. The molecule has 0 aliphatic heterocycles. The Balaban J connectivity index is 1.99. The molecular weight excluding hydrogens is 276 g/mol. The van der Waals surface area contributed by atoms with E-state index in [9.17, 15) is 4.79 Å². The maximum absolute atomic E-state index is 11.4. The van der Waals surface area contributed by atoms with Crippen LogP contribution in [-0.2, 0) is 0 Å². The van der Waals surface area contributed by atoms with Crippen molar-refractivity contribution < 1.29 is 9.53 Å². The van der Waals surface area contributed by atoms with Crippen molar-refractivity contribution in [1.29, 1.82) is 0 Å². The third-order valence-electron chi connectivity index (χ3n) is 3.34. The van der Waals surface area contributed by atoms with E-state index < -0.39 is 0 Å². The molecule has 0 fully saturated rings. The minimum absolute atomic E-state index is 0.0654. The Labute approximate surface area is 131 Å². The normalized spacial score (nSPS) is 10.7. The number of hydrogen-bond acceptors (Lipinski definition) is 4. The van der Waals surface area contributed by atoms with Crippen molar-refractivity contribution >= 4 is 5.78 Å². The fraction of sp³-hybridized carbons (Fsp3) is 0.333. The highest BCUT2D eigenvalue weighted by molar-refractivity contribution is 5.95. The van der Waals surface area contributed by atoms with Gasteiger partial charge in [-0.15, -0.1) is 0 Å². The van der Waals surface area contributed by atoms with Crippen LogP contribution in [0.1, 0.15) is 23.7 Å². The van der Waals surface area contributed by atoms with Gasteiger partial charge in [-0.1, -0.05) is 18.2 Å². The Morgan fingerprint density at radius 1 is 1.18 bits per heavy atom. The summed E-state index contributed by atoms with van der Waals surface area (Å²) in [6.07, 6.45) is 2.75. The summed E-state index contributed by atoms with van der Waals surface area (Å²) in [5, 5.41) is 0. The predicted octanol–water partition coefficient (Wildman–Crippen LogP) is 3.28. The molecule has 4 nitrogen and oxygen atoms in total. The molecule has 0 amide bonds. The van der Waals surface area contributed by atoms with Crippen molar-refractivity contribution in [3.8, 4) is 17.0 Å². The maximum Gasteiger partial charge on any atom is 0.213 e. The second-order valence-corrected chi connectivity index (χ2v) is 5.53. The number of benzene rings is 1. The number of rotatable bonds is 7. The summed E-state index contributed by atoms with van der Waals surface area (Å²) >= 11 is 0. The molecule has 0 saturated heterocycles. The number of ether oxygens (including phenoxy) is 1. The number of carbonyl (C=O) groups is 1. The highest BCUT2D eigenvalue weighted by Gasteiger charge is 2.04. The van der Waals surface area contributed by atoms with Crippen molar-refractivity contribution in [2.24, 2.45) is 0 Å². The summed E-state index contributed by atoms with van der Waals surface area (Å²) in [6, 6.07) is 11.4. The van der Waals surface area contributed by atoms with Crippen LogP contribution in [0.25, 0.3) is 11.1 Å². The van der Waals surface area contributed by atoms with Crippen LogP contribution in [-0.4, -0.2) is 42.9 Å². The van der Waals surface area contributed by atoms with Gasteiger partial charge in [-0.3, -0.25) is 4.79 Å². The molecule has 2 aromatic rings. The molecule has 0 spiro atoms. The smallest absolute Gasteiger partial charge is 0.213 e. The average molecular weight is 298 g/mol. The first-order chi connectivity index (χ1) is 10.6. The summed E-state index contributed by atoms with van der Waals surface area (Å²) in [5.41, 5.74) is 2.67. The molecular formula is C18H22N2O2. The van der Waals surface area contributed by atoms with Gasteiger partial charge in [-0.2, -0.15) is 0 Å². The molecule has 0 bridgehead atoms. The largest absolute Gasteiger partial charge is 0.478 e. The molecule has 0 unspecified atom stereocenters. The Morgan fingerprint density at radius 2 is 2.00 bits per heavy atom. The zero-order chi connectivity index (χ0) is 15.9. The third kappa shape index (κ3) is 4.67. The van der Waals surface area contributed by atoms with Crippen LogP contribution in [0, 0.1) is 0 Å². The average Bonchev–Trinajstić information content (AvgIpc) is 2.52. The number of nitrogens with zero attached hydrogens (tertiary/aromatic N) is 2. The van der Waals surface area contributed by atoms with E-state index in [1.165, 1.54) is 0 Å². The molecule has 0 N–H and O–H groups in total. The van der Waals surface area contributed by atoms with Crippen LogP contribution in [0.5, 0.6) is 5.88 Å². The number of ketones is 1. The lowest BCUT2D eigenvalue weighted by molar-refractivity contribution is 0.101. The number of hydrogen-bond donors (Lipinski definition) is 0. The quantitative estimate of drug-likeness (QED) is 0.581. The first kappa shape index (κ1) is 16.2. The standard InChI is InChI=1S/C18H22N2O2/c1-14(21)15-6-4-7-16(12-15)17-8-9-18(19-13-17)22-11-5-10-20(2)3/h4,6-9,12-13H,5,10-11H2,1-3H3. The highest BCUT2D eigenvalue weighted by Crippen LogP contribution is 2.21. The Bertz CT molecular complexity index is 621.